The lowest BCUT2D eigenvalue weighted by atomic mass is 10.0. The largest absolute Gasteiger partial charge is 0.497 e. The Morgan fingerprint density at radius 3 is 2.59 bits per heavy atom. The van der Waals surface area contributed by atoms with Crippen molar-refractivity contribution in [3.8, 4) is 5.75 Å². The Kier molecular flexibility index (Phi) is 4.96. The zero-order valence-electron chi connectivity index (χ0n) is 15.5. The highest BCUT2D eigenvalue weighted by molar-refractivity contribution is 5.26. The van der Waals surface area contributed by atoms with E-state index in [1.165, 1.54) is 6.26 Å². The first-order valence-corrected chi connectivity index (χ1v) is 8.94. The molecule has 2 aliphatic heterocycles. The smallest absolute Gasteiger partial charge is 0.190 e. The molecule has 0 radical (unpaired) electrons. The molecule has 1 aromatic heterocycles. The third kappa shape index (κ3) is 3.74. The highest BCUT2D eigenvalue weighted by atomic mass is 16.8. The van der Waals surface area contributed by atoms with Gasteiger partial charge in [0.25, 0.3) is 0 Å². The van der Waals surface area contributed by atoms with E-state index in [9.17, 15) is 5.11 Å². The fourth-order valence-corrected chi connectivity index (χ4v) is 3.48. The van der Waals surface area contributed by atoms with Gasteiger partial charge in [0.2, 0.25) is 0 Å². The molecular formula is C20H24O7. The van der Waals surface area contributed by atoms with Gasteiger partial charge in [-0.3, -0.25) is 0 Å². The zero-order valence-corrected chi connectivity index (χ0v) is 15.5. The van der Waals surface area contributed by atoms with Gasteiger partial charge < -0.3 is 33.2 Å². The van der Waals surface area contributed by atoms with Gasteiger partial charge in [-0.15, -0.1) is 0 Å². The van der Waals surface area contributed by atoms with Gasteiger partial charge in [-0.2, -0.15) is 0 Å². The molecule has 3 heterocycles. The summed E-state index contributed by atoms with van der Waals surface area (Å²) in [5.74, 6) is 0.429. The Balaban J connectivity index is 1.50. The van der Waals surface area contributed by atoms with E-state index in [2.05, 4.69) is 0 Å². The lowest BCUT2D eigenvalue weighted by Gasteiger charge is -2.28. The highest BCUT2D eigenvalue weighted by Crippen LogP contribution is 2.42. The molecule has 0 bridgehead atoms. The van der Waals surface area contributed by atoms with Gasteiger partial charge in [0.15, 0.2) is 12.1 Å². The Morgan fingerprint density at radius 2 is 1.93 bits per heavy atom. The van der Waals surface area contributed by atoms with Crippen LogP contribution in [0.5, 0.6) is 5.75 Å². The number of rotatable bonds is 6. The Bertz CT molecular complexity index is 740. The molecule has 2 aliphatic rings. The number of benzene rings is 1. The average Bonchev–Trinajstić information content (AvgIpc) is 3.35. The van der Waals surface area contributed by atoms with Gasteiger partial charge in [-0.05, 0) is 43.7 Å². The van der Waals surface area contributed by atoms with Crippen molar-refractivity contribution in [2.24, 2.45) is 0 Å². The lowest BCUT2D eigenvalue weighted by Crippen LogP contribution is -2.39. The van der Waals surface area contributed by atoms with E-state index in [0.29, 0.717) is 12.4 Å². The topological polar surface area (TPSA) is 79.5 Å². The number of hydrogen-bond donors (Lipinski definition) is 1. The molecule has 2 fully saturated rings. The summed E-state index contributed by atoms with van der Waals surface area (Å²) in [6, 6.07) is 11.0. The van der Waals surface area contributed by atoms with E-state index in [1.54, 1.807) is 19.2 Å². The zero-order chi connectivity index (χ0) is 19.0. The number of methoxy groups -OCH3 is 1. The van der Waals surface area contributed by atoms with Crippen molar-refractivity contribution >= 4 is 0 Å². The molecular weight excluding hydrogens is 352 g/mol. The second-order valence-corrected chi connectivity index (χ2v) is 7.15. The number of furan rings is 1. The molecule has 0 aliphatic carbocycles. The van der Waals surface area contributed by atoms with Gasteiger partial charge in [-0.1, -0.05) is 12.1 Å². The van der Waals surface area contributed by atoms with Crippen molar-refractivity contribution in [1.29, 1.82) is 0 Å². The quantitative estimate of drug-likeness (QED) is 0.830. The maximum absolute atomic E-state index is 10.7. The summed E-state index contributed by atoms with van der Waals surface area (Å²) >= 11 is 0. The summed E-state index contributed by atoms with van der Waals surface area (Å²) in [7, 11) is 1.63. The molecule has 1 aromatic carbocycles. The molecule has 0 saturated carbocycles. The summed E-state index contributed by atoms with van der Waals surface area (Å²) < 4.78 is 34.3. The van der Waals surface area contributed by atoms with Crippen LogP contribution in [0.4, 0.5) is 0 Å². The average molecular weight is 376 g/mol. The molecule has 7 nitrogen and oxygen atoms in total. The summed E-state index contributed by atoms with van der Waals surface area (Å²) in [4.78, 5) is 0. The fraction of sp³-hybridized carbons (Fsp3) is 0.500. The molecule has 5 atom stereocenters. The van der Waals surface area contributed by atoms with Crippen molar-refractivity contribution in [3.05, 3.63) is 54.0 Å². The van der Waals surface area contributed by atoms with Gasteiger partial charge in [0, 0.05) is 0 Å². The van der Waals surface area contributed by atoms with Gasteiger partial charge in [-0.25, -0.2) is 0 Å². The van der Waals surface area contributed by atoms with E-state index in [4.69, 9.17) is 28.1 Å². The third-order valence-electron chi connectivity index (χ3n) is 4.77. The minimum Gasteiger partial charge on any atom is -0.497 e. The van der Waals surface area contributed by atoms with E-state index in [1.807, 2.05) is 38.1 Å². The van der Waals surface area contributed by atoms with Crippen molar-refractivity contribution in [2.75, 3.05) is 7.11 Å². The summed E-state index contributed by atoms with van der Waals surface area (Å²) in [5.41, 5.74) is 0.976. The lowest BCUT2D eigenvalue weighted by molar-refractivity contribution is -0.232. The van der Waals surface area contributed by atoms with Gasteiger partial charge in [0.05, 0.1) is 20.0 Å². The number of hydrogen-bond acceptors (Lipinski definition) is 7. The predicted octanol–water partition coefficient (Wildman–Crippen LogP) is 2.78. The maximum Gasteiger partial charge on any atom is 0.190 e. The normalized spacial score (nSPS) is 30.2. The molecule has 2 aromatic rings. The first-order chi connectivity index (χ1) is 13.0. The monoisotopic (exact) mass is 376 g/mol. The van der Waals surface area contributed by atoms with Crippen molar-refractivity contribution < 1.29 is 33.2 Å². The van der Waals surface area contributed by atoms with Crippen LogP contribution in [0.15, 0.2) is 47.1 Å². The van der Waals surface area contributed by atoms with Crippen molar-refractivity contribution in [3.63, 3.8) is 0 Å². The minimum absolute atomic E-state index is 0.340. The van der Waals surface area contributed by atoms with Crippen LogP contribution in [0.25, 0.3) is 0 Å². The molecule has 1 N–H and O–H groups in total. The van der Waals surface area contributed by atoms with Crippen LogP contribution in [0.2, 0.25) is 0 Å². The van der Waals surface area contributed by atoms with E-state index < -0.39 is 36.5 Å². The molecule has 27 heavy (non-hydrogen) atoms. The first kappa shape index (κ1) is 18.5. The molecule has 4 rings (SSSR count). The second-order valence-electron chi connectivity index (χ2n) is 7.15. The van der Waals surface area contributed by atoms with Crippen LogP contribution in [-0.4, -0.2) is 42.6 Å². The number of ether oxygens (including phenoxy) is 5. The van der Waals surface area contributed by atoms with Crippen LogP contribution in [0, 0.1) is 0 Å². The predicted molar refractivity (Wildman–Crippen MR) is 93.9 cm³/mol. The summed E-state index contributed by atoms with van der Waals surface area (Å²) in [6.07, 6.45) is -1.69. The first-order valence-electron chi connectivity index (χ1n) is 8.94. The van der Waals surface area contributed by atoms with E-state index in [0.717, 1.165) is 11.3 Å². The standard InChI is InChI=1S/C20H24O7/c1-20(2)26-18-17(24-11-12-6-8-13(22-3)9-7-12)16(25-19(18)27-20)15(21)14-5-4-10-23-14/h4-10,15-19,21H,11H2,1-3H3/t15-,16+,17-,18+,19+/m0/s1. The second kappa shape index (κ2) is 7.26. The summed E-state index contributed by atoms with van der Waals surface area (Å²) in [6.45, 7) is 3.99. The van der Waals surface area contributed by atoms with Gasteiger partial charge >= 0.3 is 0 Å². The number of fused-ring (bicyclic) bond motifs is 1. The number of aliphatic hydroxyl groups excluding tert-OH is 1. The summed E-state index contributed by atoms with van der Waals surface area (Å²) in [5, 5.41) is 10.7. The molecule has 0 unspecified atom stereocenters. The Hall–Kier alpha value is -1.90. The maximum atomic E-state index is 10.7. The van der Waals surface area contributed by atoms with Crippen LogP contribution >= 0.6 is 0 Å². The molecule has 146 valence electrons. The minimum atomic E-state index is -0.984. The molecule has 0 amide bonds. The van der Waals surface area contributed by atoms with Crippen molar-refractivity contribution in [2.45, 2.75) is 56.9 Å². The fourth-order valence-electron chi connectivity index (χ4n) is 3.48. The van der Waals surface area contributed by atoms with E-state index >= 15 is 0 Å². The van der Waals surface area contributed by atoms with Crippen molar-refractivity contribution in [1.82, 2.24) is 0 Å². The van der Waals surface area contributed by atoms with Crippen LogP contribution in [-0.2, 0) is 25.6 Å². The Labute approximate surface area is 157 Å². The van der Waals surface area contributed by atoms with E-state index in [-0.39, 0.29) is 0 Å². The SMILES string of the molecule is COc1ccc(CO[C@@H]2[C@H]3OC(C)(C)O[C@H]3O[C@@H]2[C@@H](O)c2ccco2)cc1. The molecule has 2 saturated heterocycles. The van der Waals surface area contributed by atoms with Crippen LogP contribution in [0.1, 0.15) is 31.3 Å². The molecule has 0 spiro atoms. The third-order valence-corrected chi connectivity index (χ3v) is 4.77. The van der Waals surface area contributed by atoms with Crippen LogP contribution in [0.3, 0.4) is 0 Å². The number of aliphatic hydroxyl groups is 1. The highest BCUT2D eigenvalue weighted by Gasteiger charge is 2.57. The Morgan fingerprint density at radius 1 is 1.15 bits per heavy atom. The van der Waals surface area contributed by atoms with Crippen LogP contribution < -0.4 is 4.74 Å². The van der Waals surface area contributed by atoms with Gasteiger partial charge in [0.1, 0.15) is 35.9 Å². The molecule has 7 heteroatoms.